The average Bonchev–Trinajstić information content (AvgIpc) is 2.37. The standard InChI is InChI=1S/C14H21NO4/c1-14(2,3)15(16)9-11-12(18-5)7-10(17-4)8-13(11)19-6/h7-9H,1-6H3/b15-9-. The summed E-state index contributed by atoms with van der Waals surface area (Å²) in [5, 5.41) is 12.0. The summed E-state index contributed by atoms with van der Waals surface area (Å²) in [4.78, 5) is 0. The Morgan fingerprint density at radius 2 is 1.47 bits per heavy atom. The third-order valence-corrected chi connectivity index (χ3v) is 2.66. The smallest absolute Gasteiger partial charge is 0.189 e. The lowest BCUT2D eigenvalue weighted by Crippen LogP contribution is -2.29. The van der Waals surface area contributed by atoms with Crippen molar-refractivity contribution >= 4 is 6.21 Å². The lowest BCUT2D eigenvalue weighted by molar-refractivity contribution is -0.530. The second-order valence-electron chi connectivity index (χ2n) is 5.07. The van der Waals surface area contributed by atoms with Gasteiger partial charge in [-0.2, -0.15) is 0 Å². The van der Waals surface area contributed by atoms with E-state index in [0.29, 0.717) is 22.8 Å². The molecule has 106 valence electrons. The van der Waals surface area contributed by atoms with Crippen LogP contribution in [0.5, 0.6) is 17.2 Å². The monoisotopic (exact) mass is 267 g/mol. The predicted molar refractivity (Wildman–Crippen MR) is 74.6 cm³/mol. The van der Waals surface area contributed by atoms with Gasteiger partial charge in [-0.3, -0.25) is 0 Å². The van der Waals surface area contributed by atoms with Gasteiger partial charge < -0.3 is 19.4 Å². The molecule has 0 aliphatic carbocycles. The number of hydrogen-bond donors (Lipinski definition) is 0. The number of hydrogen-bond acceptors (Lipinski definition) is 4. The predicted octanol–water partition coefficient (Wildman–Crippen LogP) is 2.44. The molecule has 5 heteroatoms. The minimum Gasteiger partial charge on any atom is -0.623 e. The van der Waals surface area contributed by atoms with Gasteiger partial charge in [0.05, 0.1) is 21.3 Å². The van der Waals surface area contributed by atoms with Crippen molar-refractivity contribution in [3.8, 4) is 17.2 Å². The van der Waals surface area contributed by atoms with Crippen LogP contribution in [0.2, 0.25) is 0 Å². The summed E-state index contributed by atoms with van der Waals surface area (Å²) < 4.78 is 16.6. The van der Waals surface area contributed by atoms with Crippen molar-refractivity contribution in [1.82, 2.24) is 0 Å². The van der Waals surface area contributed by atoms with E-state index in [0.717, 1.165) is 4.74 Å². The molecule has 0 unspecified atom stereocenters. The highest BCUT2D eigenvalue weighted by molar-refractivity contribution is 5.85. The number of rotatable bonds is 4. The van der Waals surface area contributed by atoms with E-state index in [1.54, 1.807) is 19.2 Å². The van der Waals surface area contributed by atoms with Crippen molar-refractivity contribution in [3.05, 3.63) is 22.9 Å². The first-order chi connectivity index (χ1) is 8.83. The minimum absolute atomic E-state index is 0.529. The molecule has 0 aromatic heterocycles. The van der Waals surface area contributed by atoms with Crippen LogP contribution in [0, 0.1) is 5.21 Å². The highest BCUT2D eigenvalue weighted by Crippen LogP contribution is 2.32. The molecule has 0 aliphatic heterocycles. The zero-order valence-corrected chi connectivity index (χ0v) is 12.3. The zero-order valence-electron chi connectivity index (χ0n) is 12.3. The molecule has 0 radical (unpaired) electrons. The van der Waals surface area contributed by atoms with Crippen LogP contribution in [-0.4, -0.2) is 37.8 Å². The molecule has 0 N–H and O–H groups in total. The summed E-state index contributed by atoms with van der Waals surface area (Å²) in [7, 11) is 4.64. The van der Waals surface area contributed by atoms with Gasteiger partial charge in [0.2, 0.25) is 0 Å². The molecular formula is C14H21NO4. The molecule has 1 aromatic carbocycles. The Morgan fingerprint density at radius 3 is 1.79 bits per heavy atom. The first-order valence-corrected chi connectivity index (χ1v) is 5.94. The normalized spacial score (nSPS) is 12.2. The SMILES string of the molecule is COc1cc(OC)c(/C=[N+](\[O-])C(C)(C)C)c(OC)c1. The average molecular weight is 267 g/mol. The number of hydroxylamine groups is 1. The topological polar surface area (TPSA) is 53.8 Å². The lowest BCUT2D eigenvalue weighted by atomic mass is 10.1. The van der Waals surface area contributed by atoms with Gasteiger partial charge in [0, 0.05) is 32.9 Å². The van der Waals surface area contributed by atoms with Crippen molar-refractivity contribution in [2.75, 3.05) is 21.3 Å². The molecule has 0 bridgehead atoms. The summed E-state index contributed by atoms with van der Waals surface area (Å²) >= 11 is 0. The Morgan fingerprint density at radius 1 is 1.00 bits per heavy atom. The van der Waals surface area contributed by atoms with Gasteiger partial charge in [-0.15, -0.1) is 0 Å². The quantitative estimate of drug-likeness (QED) is 0.364. The number of ether oxygens (including phenoxy) is 3. The molecule has 19 heavy (non-hydrogen) atoms. The Kier molecular flexibility index (Phi) is 4.64. The van der Waals surface area contributed by atoms with Gasteiger partial charge in [0.25, 0.3) is 0 Å². The highest BCUT2D eigenvalue weighted by Gasteiger charge is 2.21. The van der Waals surface area contributed by atoms with Crippen LogP contribution in [0.1, 0.15) is 26.3 Å². The van der Waals surface area contributed by atoms with Crippen LogP contribution in [-0.2, 0) is 0 Å². The van der Waals surface area contributed by atoms with Crippen LogP contribution >= 0.6 is 0 Å². The van der Waals surface area contributed by atoms with Gasteiger partial charge in [-0.25, -0.2) is 4.74 Å². The maximum absolute atomic E-state index is 12.0. The maximum atomic E-state index is 12.0. The molecule has 0 fully saturated rings. The summed E-state index contributed by atoms with van der Waals surface area (Å²) in [5.74, 6) is 1.67. The van der Waals surface area contributed by atoms with Crippen molar-refractivity contribution < 1.29 is 18.9 Å². The van der Waals surface area contributed by atoms with Crippen LogP contribution in [0.15, 0.2) is 12.1 Å². The van der Waals surface area contributed by atoms with E-state index in [1.807, 2.05) is 20.8 Å². The van der Waals surface area contributed by atoms with E-state index in [1.165, 1.54) is 20.4 Å². The fraction of sp³-hybridized carbons (Fsp3) is 0.500. The molecule has 0 saturated carbocycles. The first kappa shape index (κ1) is 15.1. The highest BCUT2D eigenvalue weighted by atomic mass is 16.5. The van der Waals surface area contributed by atoms with Crippen molar-refractivity contribution in [3.63, 3.8) is 0 Å². The van der Waals surface area contributed by atoms with E-state index >= 15 is 0 Å². The fourth-order valence-corrected chi connectivity index (χ4v) is 1.47. The zero-order chi connectivity index (χ0) is 14.6. The third-order valence-electron chi connectivity index (χ3n) is 2.66. The molecule has 0 heterocycles. The number of nitrogens with zero attached hydrogens (tertiary/aromatic N) is 1. The van der Waals surface area contributed by atoms with Gasteiger partial charge in [-0.05, 0) is 0 Å². The summed E-state index contributed by atoms with van der Waals surface area (Å²) in [5.41, 5.74) is 0.0615. The van der Waals surface area contributed by atoms with E-state index in [2.05, 4.69) is 0 Å². The van der Waals surface area contributed by atoms with Crippen LogP contribution in [0.25, 0.3) is 0 Å². The Hall–Kier alpha value is -1.91. The van der Waals surface area contributed by atoms with E-state index in [9.17, 15) is 5.21 Å². The van der Waals surface area contributed by atoms with Crippen molar-refractivity contribution in [1.29, 1.82) is 0 Å². The molecule has 0 amide bonds. The number of benzene rings is 1. The van der Waals surface area contributed by atoms with E-state index < -0.39 is 5.54 Å². The van der Waals surface area contributed by atoms with Gasteiger partial charge in [-0.1, -0.05) is 0 Å². The van der Waals surface area contributed by atoms with Gasteiger partial charge >= 0.3 is 0 Å². The van der Waals surface area contributed by atoms with Crippen LogP contribution in [0.4, 0.5) is 0 Å². The Labute approximate surface area is 114 Å². The molecule has 0 spiro atoms. The Bertz CT molecular complexity index is 450. The molecular weight excluding hydrogens is 246 g/mol. The summed E-state index contributed by atoms with van der Waals surface area (Å²) in [6.07, 6.45) is 1.47. The van der Waals surface area contributed by atoms with E-state index in [4.69, 9.17) is 14.2 Å². The van der Waals surface area contributed by atoms with Gasteiger partial charge in [0.15, 0.2) is 11.8 Å². The van der Waals surface area contributed by atoms with Gasteiger partial charge in [0.1, 0.15) is 22.8 Å². The van der Waals surface area contributed by atoms with Crippen molar-refractivity contribution in [2.45, 2.75) is 26.3 Å². The lowest BCUT2D eigenvalue weighted by Gasteiger charge is -2.20. The van der Waals surface area contributed by atoms with Crippen LogP contribution in [0.3, 0.4) is 0 Å². The summed E-state index contributed by atoms with van der Waals surface area (Å²) in [6, 6.07) is 3.43. The second-order valence-corrected chi connectivity index (χ2v) is 5.07. The maximum Gasteiger partial charge on any atom is 0.189 e. The first-order valence-electron chi connectivity index (χ1n) is 5.94. The number of methoxy groups -OCH3 is 3. The van der Waals surface area contributed by atoms with E-state index in [-0.39, 0.29) is 0 Å². The molecule has 0 saturated heterocycles. The van der Waals surface area contributed by atoms with Crippen LogP contribution < -0.4 is 14.2 Å². The summed E-state index contributed by atoms with van der Waals surface area (Å²) in [6.45, 7) is 5.50. The Balaban J connectivity index is 3.41. The third kappa shape index (κ3) is 3.53. The largest absolute Gasteiger partial charge is 0.623 e. The molecule has 0 atom stereocenters. The fourth-order valence-electron chi connectivity index (χ4n) is 1.47. The van der Waals surface area contributed by atoms with Crippen molar-refractivity contribution in [2.24, 2.45) is 0 Å². The second kappa shape index (κ2) is 5.82. The minimum atomic E-state index is -0.532. The molecule has 1 aromatic rings. The molecule has 1 rings (SSSR count). The molecule has 0 aliphatic rings. The molecule has 5 nitrogen and oxygen atoms in total.